The summed E-state index contributed by atoms with van der Waals surface area (Å²) in [4.78, 5) is 15.9. The minimum Gasteiger partial charge on any atom is -0.358 e. The molecule has 1 aliphatic rings. The Balaban J connectivity index is 1.77. The Morgan fingerprint density at radius 2 is 1.92 bits per heavy atom. The van der Waals surface area contributed by atoms with Crippen molar-refractivity contribution in [1.82, 2.24) is 10.3 Å². The van der Waals surface area contributed by atoms with Crippen LogP contribution >= 0.6 is 0 Å². The van der Waals surface area contributed by atoms with E-state index in [4.69, 9.17) is 0 Å². The van der Waals surface area contributed by atoms with E-state index in [0.29, 0.717) is 17.4 Å². The molecule has 1 fully saturated rings. The fourth-order valence-electron chi connectivity index (χ4n) is 3.61. The first-order valence-electron chi connectivity index (χ1n) is 8.72. The number of nitrogens with one attached hydrogen (secondary N) is 2. The summed E-state index contributed by atoms with van der Waals surface area (Å²) in [6.45, 7) is 6.38. The largest absolute Gasteiger partial charge is 0.358 e. The van der Waals surface area contributed by atoms with Gasteiger partial charge < -0.3 is 10.3 Å². The molecule has 0 spiro atoms. The summed E-state index contributed by atoms with van der Waals surface area (Å²) in [5.41, 5.74) is 3.21. The van der Waals surface area contributed by atoms with Crippen LogP contribution in [0.5, 0.6) is 0 Å². The van der Waals surface area contributed by atoms with Gasteiger partial charge in [-0.3, -0.25) is 4.79 Å². The summed E-state index contributed by atoms with van der Waals surface area (Å²) in [6.07, 6.45) is 3.46. The van der Waals surface area contributed by atoms with Crippen LogP contribution in [0.2, 0.25) is 0 Å². The third-order valence-electron chi connectivity index (χ3n) is 5.44. The molecule has 1 saturated carbocycles. The van der Waals surface area contributed by atoms with Gasteiger partial charge in [0.2, 0.25) is 0 Å². The molecule has 2 aromatic rings. The molecule has 0 saturated heterocycles. The van der Waals surface area contributed by atoms with Crippen molar-refractivity contribution < 1.29 is 9.18 Å². The maximum atomic E-state index is 13.1. The average molecular weight is 328 g/mol. The van der Waals surface area contributed by atoms with Crippen LogP contribution in [0.3, 0.4) is 0 Å². The van der Waals surface area contributed by atoms with Crippen molar-refractivity contribution in [2.24, 2.45) is 11.8 Å². The minimum absolute atomic E-state index is 0.0249. The zero-order chi connectivity index (χ0) is 17.3. The van der Waals surface area contributed by atoms with Crippen LogP contribution in [0.1, 0.15) is 49.2 Å². The summed E-state index contributed by atoms with van der Waals surface area (Å²) in [7, 11) is 0. The highest BCUT2D eigenvalue weighted by Crippen LogP contribution is 2.30. The number of hydrogen-bond acceptors (Lipinski definition) is 1. The van der Waals surface area contributed by atoms with E-state index < -0.39 is 0 Å². The second-order valence-corrected chi connectivity index (χ2v) is 7.08. The molecule has 4 heteroatoms. The summed E-state index contributed by atoms with van der Waals surface area (Å²) < 4.78 is 13.1. The normalized spacial score (nSPS) is 23.9. The lowest BCUT2D eigenvalue weighted by molar-refractivity contribution is 0.0890. The van der Waals surface area contributed by atoms with Crippen molar-refractivity contribution in [2.45, 2.75) is 46.1 Å². The van der Waals surface area contributed by atoms with Crippen molar-refractivity contribution in [3.05, 3.63) is 47.4 Å². The predicted molar refractivity (Wildman–Crippen MR) is 94.4 cm³/mol. The first kappa shape index (κ1) is 16.7. The molecule has 1 aromatic heterocycles. The number of halogens is 1. The van der Waals surface area contributed by atoms with Gasteiger partial charge >= 0.3 is 0 Å². The first-order chi connectivity index (χ1) is 11.5. The molecule has 0 radical (unpaired) electrons. The van der Waals surface area contributed by atoms with E-state index >= 15 is 0 Å². The number of benzene rings is 1. The molecule has 3 rings (SSSR count). The highest BCUT2D eigenvalue weighted by molar-refractivity contribution is 5.97. The van der Waals surface area contributed by atoms with Crippen molar-refractivity contribution in [2.75, 3.05) is 0 Å². The molecule has 1 aromatic carbocycles. The third kappa shape index (κ3) is 3.37. The molecule has 3 nitrogen and oxygen atoms in total. The van der Waals surface area contributed by atoms with Crippen LogP contribution < -0.4 is 5.32 Å². The maximum absolute atomic E-state index is 13.1. The van der Waals surface area contributed by atoms with Gasteiger partial charge in [-0.1, -0.05) is 26.7 Å². The van der Waals surface area contributed by atoms with E-state index in [9.17, 15) is 9.18 Å². The minimum atomic E-state index is -0.264. The average Bonchev–Trinajstić information content (AvgIpc) is 2.94. The van der Waals surface area contributed by atoms with Crippen LogP contribution in [0.25, 0.3) is 11.3 Å². The molecule has 24 heavy (non-hydrogen) atoms. The van der Waals surface area contributed by atoms with Crippen LogP contribution in [0, 0.1) is 24.6 Å². The molecule has 0 bridgehead atoms. The number of aryl methyl sites for hydroxylation is 1. The van der Waals surface area contributed by atoms with Gasteiger partial charge in [0.05, 0.1) is 5.56 Å². The van der Waals surface area contributed by atoms with Gasteiger partial charge in [-0.25, -0.2) is 4.39 Å². The standard InChI is InChI=1S/C20H25FN2O/c1-12-5-4-6-18(13(12)2)23-20(24)17-11-19(22-14(17)3)15-7-9-16(21)10-8-15/h7-13,18,22H,4-6H2,1-3H3,(H,23,24). The SMILES string of the molecule is Cc1[nH]c(-c2ccc(F)cc2)cc1C(=O)NC1CCCC(C)C1C. The van der Waals surface area contributed by atoms with Gasteiger partial charge in [-0.05, 0) is 61.1 Å². The second-order valence-electron chi connectivity index (χ2n) is 7.08. The number of amides is 1. The molecule has 3 atom stereocenters. The first-order valence-corrected chi connectivity index (χ1v) is 8.72. The Hall–Kier alpha value is -2.10. The molecule has 3 unspecified atom stereocenters. The quantitative estimate of drug-likeness (QED) is 0.844. The Kier molecular flexibility index (Phi) is 4.74. The molecule has 0 aliphatic heterocycles. The molecule has 128 valence electrons. The Morgan fingerprint density at radius 3 is 2.62 bits per heavy atom. The summed E-state index contributed by atoms with van der Waals surface area (Å²) in [5, 5.41) is 3.21. The van der Waals surface area contributed by atoms with Crippen LogP contribution in [-0.2, 0) is 0 Å². The Morgan fingerprint density at radius 1 is 1.21 bits per heavy atom. The number of H-pyrrole nitrogens is 1. The zero-order valence-corrected chi connectivity index (χ0v) is 14.5. The smallest absolute Gasteiger partial charge is 0.253 e. The highest BCUT2D eigenvalue weighted by Gasteiger charge is 2.29. The summed E-state index contributed by atoms with van der Waals surface area (Å²) in [6, 6.07) is 8.38. The van der Waals surface area contributed by atoms with Crippen molar-refractivity contribution in [3.8, 4) is 11.3 Å². The van der Waals surface area contributed by atoms with Gasteiger partial charge in [0.25, 0.3) is 5.91 Å². The predicted octanol–water partition coefficient (Wildman–Crippen LogP) is 4.68. The number of aromatic nitrogens is 1. The topological polar surface area (TPSA) is 44.9 Å². The number of aromatic amines is 1. The molecule has 1 amide bonds. The summed E-state index contributed by atoms with van der Waals surface area (Å²) >= 11 is 0. The lowest BCUT2D eigenvalue weighted by atomic mass is 9.78. The second kappa shape index (κ2) is 6.80. The lowest BCUT2D eigenvalue weighted by Crippen LogP contribution is -2.43. The van der Waals surface area contributed by atoms with Crippen molar-refractivity contribution in [3.63, 3.8) is 0 Å². The Bertz CT molecular complexity index is 720. The van der Waals surface area contributed by atoms with Crippen molar-refractivity contribution >= 4 is 5.91 Å². The highest BCUT2D eigenvalue weighted by atomic mass is 19.1. The Labute approximate surface area is 142 Å². The van der Waals surface area contributed by atoms with Gasteiger partial charge in [-0.2, -0.15) is 0 Å². The van der Waals surface area contributed by atoms with Crippen molar-refractivity contribution in [1.29, 1.82) is 0 Å². The summed E-state index contributed by atoms with van der Waals surface area (Å²) in [5.74, 6) is 0.855. The number of rotatable bonds is 3. The fraction of sp³-hybridized carbons (Fsp3) is 0.450. The zero-order valence-electron chi connectivity index (χ0n) is 14.5. The number of carbonyl (C=O) groups is 1. The van der Waals surface area contributed by atoms with E-state index in [2.05, 4.69) is 24.1 Å². The fourth-order valence-corrected chi connectivity index (χ4v) is 3.61. The van der Waals surface area contributed by atoms with Gasteiger partial charge in [0, 0.05) is 17.4 Å². The van der Waals surface area contributed by atoms with Crippen LogP contribution in [0.15, 0.2) is 30.3 Å². The number of hydrogen-bond donors (Lipinski definition) is 2. The molecular weight excluding hydrogens is 303 g/mol. The molecule has 1 heterocycles. The van der Waals surface area contributed by atoms with E-state index in [1.54, 1.807) is 12.1 Å². The lowest BCUT2D eigenvalue weighted by Gasteiger charge is -2.34. The monoisotopic (exact) mass is 328 g/mol. The maximum Gasteiger partial charge on any atom is 0.253 e. The third-order valence-corrected chi connectivity index (χ3v) is 5.44. The van der Waals surface area contributed by atoms with Gasteiger partial charge in [-0.15, -0.1) is 0 Å². The van der Waals surface area contributed by atoms with E-state index in [0.717, 1.165) is 23.4 Å². The molecular formula is C20H25FN2O. The van der Waals surface area contributed by atoms with E-state index in [-0.39, 0.29) is 17.8 Å². The van der Waals surface area contributed by atoms with Crippen LogP contribution in [0.4, 0.5) is 4.39 Å². The van der Waals surface area contributed by atoms with Gasteiger partial charge in [0.15, 0.2) is 0 Å². The number of carbonyl (C=O) groups excluding carboxylic acids is 1. The van der Waals surface area contributed by atoms with E-state index in [1.807, 2.05) is 13.0 Å². The van der Waals surface area contributed by atoms with Crippen LogP contribution in [-0.4, -0.2) is 16.9 Å². The van der Waals surface area contributed by atoms with Gasteiger partial charge in [0.1, 0.15) is 5.82 Å². The van der Waals surface area contributed by atoms with E-state index in [1.165, 1.54) is 25.0 Å². The molecule has 2 N–H and O–H groups in total. The molecule has 1 aliphatic carbocycles.